The Labute approximate surface area is 266 Å². The molecule has 0 amide bonds. The molecule has 5 rings (SSSR count). The number of nitroso groups, excluding NO2 is 1. The smallest absolute Gasteiger partial charge is 0.261 e. The number of benzene rings is 4. The molecule has 1 aliphatic carbocycles. The maximum atomic E-state index is 12.3. The third-order valence-corrected chi connectivity index (χ3v) is 19.4. The Bertz CT molecular complexity index is 1300. The zero-order chi connectivity index (χ0) is 31.4. The molecule has 0 spiro atoms. The fraction of sp³-hybridized carbons (Fsp3) is 0.368. The van der Waals surface area contributed by atoms with Crippen LogP contribution in [0.4, 0.5) is 0 Å². The van der Waals surface area contributed by atoms with E-state index >= 15 is 0 Å². The van der Waals surface area contributed by atoms with E-state index in [9.17, 15) is 4.91 Å². The molecule has 4 nitrogen and oxygen atoms in total. The number of hydrogen-bond donors (Lipinski definition) is 0. The third-order valence-electron chi connectivity index (χ3n) is 9.27. The normalized spacial score (nSPS) is 19.8. The quantitative estimate of drug-likeness (QED) is 0.147. The Balaban J connectivity index is 1.59. The topological polar surface area (TPSA) is 47.9 Å². The van der Waals surface area contributed by atoms with Crippen LogP contribution in [0.3, 0.4) is 0 Å². The summed E-state index contributed by atoms with van der Waals surface area (Å²) in [6.45, 7) is 13.8. The molecule has 0 aliphatic heterocycles. The van der Waals surface area contributed by atoms with Crippen molar-refractivity contribution >= 4 is 37.4 Å². The zero-order valence-electron chi connectivity index (χ0n) is 27.1. The highest BCUT2D eigenvalue weighted by Gasteiger charge is 2.55. The van der Waals surface area contributed by atoms with E-state index in [1.54, 1.807) is 0 Å². The molecule has 0 bridgehead atoms. The second-order valence-electron chi connectivity index (χ2n) is 14.3. The van der Waals surface area contributed by atoms with Gasteiger partial charge in [-0.25, -0.2) is 0 Å². The molecule has 0 aromatic heterocycles. The van der Waals surface area contributed by atoms with Gasteiger partial charge in [0, 0.05) is 0 Å². The van der Waals surface area contributed by atoms with Crippen LogP contribution in [0.5, 0.6) is 0 Å². The molecule has 0 radical (unpaired) electrons. The molecule has 0 N–H and O–H groups in total. The number of hydrogen-bond acceptors (Lipinski definition) is 4. The van der Waals surface area contributed by atoms with Crippen molar-refractivity contribution in [3.8, 4) is 0 Å². The largest absolute Gasteiger partial charge is 0.404 e. The molecule has 0 saturated heterocycles. The number of nitrogens with zero attached hydrogens (tertiary/aromatic N) is 1. The van der Waals surface area contributed by atoms with Gasteiger partial charge in [-0.1, -0.05) is 168 Å². The minimum Gasteiger partial charge on any atom is -0.404 e. The first kappa shape index (κ1) is 32.2. The van der Waals surface area contributed by atoms with Crippen LogP contribution in [-0.2, 0) is 8.85 Å². The summed E-state index contributed by atoms with van der Waals surface area (Å²) in [5, 5.41) is 8.28. The van der Waals surface area contributed by atoms with E-state index in [1.807, 2.05) is 0 Å². The van der Waals surface area contributed by atoms with Crippen molar-refractivity contribution in [1.29, 1.82) is 0 Å². The summed E-state index contributed by atoms with van der Waals surface area (Å²) >= 11 is 0. The molecular formula is C38H47NO3Si2. The van der Waals surface area contributed by atoms with Gasteiger partial charge in [0.25, 0.3) is 16.6 Å². The molecule has 3 atom stereocenters. The van der Waals surface area contributed by atoms with Crippen LogP contribution >= 0.6 is 0 Å². The number of rotatable bonds is 9. The molecule has 44 heavy (non-hydrogen) atoms. The molecular weight excluding hydrogens is 575 g/mol. The maximum absolute atomic E-state index is 12.3. The van der Waals surface area contributed by atoms with Crippen molar-refractivity contribution in [1.82, 2.24) is 0 Å². The summed E-state index contributed by atoms with van der Waals surface area (Å²) in [4.78, 5) is 12.3. The Morgan fingerprint density at radius 2 is 0.773 bits per heavy atom. The van der Waals surface area contributed by atoms with Crippen LogP contribution in [0.1, 0.15) is 60.8 Å². The van der Waals surface area contributed by atoms with Crippen LogP contribution in [0.25, 0.3) is 0 Å². The van der Waals surface area contributed by atoms with Crippen LogP contribution in [0.15, 0.2) is 127 Å². The van der Waals surface area contributed by atoms with E-state index in [1.165, 1.54) is 20.7 Å². The van der Waals surface area contributed by atoms with Crippen molar-refractivity contribution in [2.24, 2.45) is 5.18 Å². The molecule has 1 unspecified atom stereocenters. The summed E-state index contributed by atoms with van der Waals surface area (Å²) in [5.74, 6) is 0. The SMILES string of the molecule is CC(C)(C)[Si](O[C@@H]1CC(N=O)C[C@H](O[Si](c2ccccc2)(c2ccccc2)C(C)(C)C)C1)(c1ccccc1)c1ccccc1. The van der Waals surface area contributed by atoms with Gasteiger partial charge < -0.3 is 8.85 Å². The average molecular weight is 622 g/mol. The fourth-order valence-corrected chi connectivity index (χ4v) is 16.8. The second-order valence-corrected chi connectivity index (χ2v) is 22.8. The molecule has 1 saturated carbocycles. The lowest BCUT2D eigenvalue weighted by Crippen LogP contribution is -2.69. The van der Waals surface area contributed by atoms with Gasteiger partial charge in [0.2, 0.25) is 0 Å². The van der Waals surface area contributed by atoms with E-state index < -0.39 is 16.6 Å². The van der Waals surface area contributed by atoms with Crippen molar-refractivity contribution in [2.75, 3.05) is 0 Å². The van der Waals surface area contributed by atoms with Gasteiger partial charge in [-0.05, 0) is 50.1 Å². The highest BCUT2D eigenvalue weighted by atomic mass is 28.4. The van der Waals surface area contributed by atoms with Gasteiger partial charge in [0.15, 0.2) is 0 Å². The lowest BCUT2D eigenvalue weighted by atomic mass is 9.91. The van der Waals surface area contributed by atoms with Gasteiger partial charge >= 0.3 is 0 Å². The zero-order valence-corrected chi connectivity index (χ0v) is 29.1. The van der Waals surface area contributed by atoms with Crippen LogP contribution in [0.2, 0.25) is 10.1 Å². The molecule has 4 aromatic carbocycles. The monoisotopic (exact) mass is 621 g/mol. The summed E-state index contributed by atoms with van der Waals surface area (Å²) in [6.07, 6.45) is 1.60. The summed E-state index contributed by atoms with van der Waals surface area (Å²) in [5.41, 5.74) is 0. The van der Waals surface area contributed by atoms with Crippen molar-refractivity contribution < 1.29 is 8.85 Å². The first-order valence-electron chi connectivity index (χ1n) is 15.9. The van der Waals surface area contributed by atoms with Gasteiger partial charge in [-0.2, -0.15) is 4.91 Å². The summed E-state index contributed by atoms with van der Waals surface area (Å²) in [7, 11) is -5.64. The Morgan fingerprint density at radius 3 is 1.00 bits per heavy atom. The van der Waals surface area contributed by atoms with E-state index in [4.69, 9.17) is 8.85 Å². The van der Waals surface area contributed by atoms with Gasteiger partial charge in [-0.3, -0.25) is 0 Å². The third kappa shape index (κ3) is 6.18. The van der Waals surface area contributed by atoms with E-state index in [0.717, 1.165) is 6.42 Å². The minimum absolute atomic E-state index is 0.161. The Morgan fingerprint density at radius 1 is 0.500 bits per heavy atom. The van der Waals surface area contributed by atoms with Gasteiger partial charge in [0.1, 0.15) is 0 Å². The van der Waals surface area contributed by atoms with Crippen LogP contribution < -0.4 is 20.7 Å². The minimum atomic E-state index is -2.82. The van der Waals surface area contributed by atoms with Crippen molar-refractivity contribution in [2.45, 2.75) is 89.1 Å². The Kier molecular flexibility index (Phi) is 9.56. The molecule has 230 valence electrons. The predicted molar refractivity (Wildman–Crippen MR) is 188 cm³/mol. The summed E-state index contributed by atoms with van der Waals surface area (Å²) < 4.78 is 15.1. The molecule has 0 heterocycles. The van der Waals surface area contributed by atoms with E-state index in [2.05, 4.69) is 168 Å². The van der Waals surface area contributed by atoms with Crippen LogP contribution in [0, 0.1) is 4.91 Å². The van der Waals surface area contributed by atoms with Crippen molar-refractivity contribution in [3.05, 3.63) is 126 Å². The first-order valence-corrected chi connectivity index (χ1v) is 19.7. The molecule has 1 fully saturated rings. The first-order chi connectivity index (χ1) is 21.0. The predicted octanol–water partition coefficient (Wildman–Crippen LogP) is 7.20. The Hall–Kier alpha value is -3.17. The standard InChI is InChI=1S/C38H47NO3Si2/c1-37(2,3)43(33-19-11-7-12-20-33,34-21-13-8-14-22-34)41-31-27-30(39-40)28-32(29-31)42-44(38(4,5)6,35-23-15-9-16-24-35)36-25-17-10-18-26-36/h7-26,30-32H,27-29H2,1-6H3/t30?,31-,32+. The fourth-order valence-electron chi connectivity index (χ4n) is 7.35. The molecule has 6 heteroatoms. The van der Waals surface area contributed by atoms with Gasteiger partial charge in [-0.15, -0.1) is 0 Å². The highest BCUT2D eigenvalue weighted by Crippen LogP contribution is 2.42. The van der Waals surface area contributed by atoms with E-state index in [-0.39, 0.29) is 28.3 Å². The molecule has 1 aliphatic rings. The lowest BCUT2D eigenvalue weighted by Gasteiger charge is -2.49. The van der Waals surface area contributed by atoms with Crippen molar-refractivity contribution in [3.63, 3.8) is 0 Å². The molecule has 4 aromatic rings. The highest BCUT2D eigenvalue weighted by molar-refractivity contribution is 7.00. The summed E-state index contributed by atoms with van der Waals surface area (Å²) in [6, 6.07) is 42.6. The maximum Gasteiger partial charge on any atom is 0.261 e. The van der Waals surface area contributed by atoms with E-state index in [0.29, 0.717) is 12.8 Å². The van der Waals surface area contributed by atoms with Crippen LogP contribution in [-0.4, -0.2) is 34.9 Å². The second kappa shape index (κ2) is 13.1. The van der Waals surface area contributed by atoms with Gasteiger partial charge in [0.05, 0.1) is 18.2 Å². The average Bonchev–Trinajstić information content (AvgIpc) is 3.03. The lowest BCUT2D eigenvalue weighted by molar-refractivity contribution is 0.0482.